The van der Waals surface area contributed by atoms with Crippen LogP contribution >= 0.6 is 0 Å². The van der Waals surface area contributed by atoms with Crippen molar-refractivity contribution in [2.24, 2.45) is 22.9 Å². The molecule has 0 aromatic carbocycles. The molecule has 0 radical (unpaired) electrons. The molecule has 0 aromatic heterocycles. The summed E-state index contributed by atoms with van der Waals surface area (Å²) < 4.78 is 0. The molecule has 0 rings (SSSR count). The summed E-state index contributed by atoms with van der Waals surface area (Å²) in [6, 6.07) is 0. The van der Waals surface area contributed by atoms with Crippen LogP contribution in [0.15, 0.2) is 0 Å². The summed E-state index contributed by atoms with van der Waals surface area (Å²) in [5.74, 6) is 0. The van der Waals surface area contributed by atoms with E-state index in [9.17, 15) is 0 Å². The Kier molecular flexibility index (Phi) is 63.9. The van der Waals surface area contributed by atoms with Gasteiger partial charge in [0.2, 0.25) is 0 Å². The van der Waals surface area contributed by atoms with Crippen molar-refractivity contribution in [1.29, 1.82) is 0 Å². The smallest absolute Gasteiger partial charge is 0.368 e. The molecule has 0 aliphatic carbocycles. The highest BCUT2D eigenvalue weighted by atomic mass is 28.4. The van der Waals surface area contributed by atoms with Crippen molar-refractivity contribution < 1.29 is 19.2 Å². The molecule has 0 spiro atoms. The zero-order valence-electron chi connectivity index (χ0n) is 11.4. The van der Waals surface area contributed by atoms with E-state index >= 15 is 0 Å². The quantitative estimate of drug-likeness (QED) is 0.219. The van der Waals surface area contributed by atoms with Gasteiger partial charge in [0, 0.05) is 0 Å². The van der Waals surface area contributed by atoms with Crippen LogP contribution in [0, 0.1) is 0 Å². The van der Waals surface area contributed by atoms with Crippen LogP contribution in [-0.2, 0) is 0 Å². The monoisotopic (exact) mass is 276 g/mol. The van der Waals surface area contributed by atoms with Crippen LogP contribution in [0.25, 0.3) is 0 Å². The maximum Gasteiger partial charge on any atom is 0.668 e. The van der Waals surface area contributed by atoms with Gasteiger partial charge in [-0.1, -0.05) is 27.7 Å². The van der Waals surface area contributed by atoms with Crippen molar-refractivity contribution in [2.45, 2.75) is 27.7 Å². The van der Waals surface area contributed by atoms with Gasteiger partial charge >= 0.3 is 9.05 Å². The zero-order chi connectivity index (χ0) is 15.3. The lowest BCUT2D eigenvalue weighted by Crippen LogP contribution is -2.33. The highest BCUT2D eigenvalue weighted by molar-refractivity contribution is 6.46. The summed E-state index contributed by atoms with van der Waals surface area (Å²) in [4.78, 5) is 29.3. The Balaban J connectivity index is -0.0000000362. The van der Waals surface area contributed by atoms with E-state index < -0.39 is 9.05 Å². The molecule has 112 valence electrons. The molecule has 17 heavy (non-hydrogen) atoms. The summed E-state index contributed by atoms with van der Waals surface area (Å²) in [6.07, 6.45) is 0. The van der Waals surface area contributed by atoms with Gasteiger partial charge in [0.05, 0.1) is 0 Å². The molecule has 0 aromatic rings. The minimum absolute atomic E-state index is 0.750. The lowest BCUT2D eigenvalue weighted by atomic mass is 10.8. The van der Waals surface area contributed by atoms with Gasteiger partial charge < -0.3 is 42.1 Å². The third-order valence-electron chi connectivity index (χ3n) is 0. The maximum absolute atomic E-state index is 7.33. The van der Waals surface area contributed by atoms with Crippen LogP contribution in [0.4, 0.5) is 0 Å². The number of hydrogen-bond donors (Lipinski definition) is 8. The average Bonchev–Trinajstić information content (AvgIpc) is 2.04. The van der Waals surface area contributed by atoms with Gasteiger partial charge in [-0.25, -0.2) is 0 Å². The van der Waals surface area contributed by atoms with Crippen molar-refractivity contribution in [1.82, 2.24) is 0 Å². The minimum Gasteiger partial charge on any atom is -0.368 e. The Bertz CT molecular complexity index is 72.4. The van der Waals surface area contributed by atoms with E-state index in [4.69, 9.17) is 42.1 Å². The van der Waals surface area contributed by atoms with Crippen LogP contribution in [0.1, 0.15) is 27.7 Å². The molecule has 0 bridgehead atoms. The normalized spacial score (nSPS) is 7.76. The molecular formula is C8H32N4O4Si. The third kappa shape index (κ3) is 289000. The van der Waals surface area contributed by atoms with Gasteiger partial charge in [-0.15, -0.1) is 0 Å². The summed E-state index contributed by atoms with van der Waals surface area (Å²) in [5.41, 5.74) is 19.4. The minimum atomic E-state index is -4.61. The van der Waals surface area contributed by atoms with E-state index in [1.807, 2.05) is 27.7 Å². The van der Waals surface area contributed by atoms with Crippen LogP contribution < -0.4 is 22.9 Å². The second-order valence-electron chi connectivity index (χ2n) is 2.23. The van der Waals surface area contributed by atoms with Gasteiger partial charge in [0.25, 0.3) is 0 Å². The predicted octanol–water partition coefficient (Wildman–Crippen LogP) is -2.75. The average molecular weight is 276 g/mol. The van der Waals surface area contributed by atoms with Crippen molar-refractivity contribution >= 4 is 9.05 Å². The first-order chi connectivity index (χ1) is 7.66. The molecule has 8 nitrogen and oxygen atoms in total. The van der Waals surface area contributed by atoms with Gasteiger partial charge in [-0.3, -0.25) is 0 Å². The van der Waals surface area contributed by atoms with Crippen LogP contribution in [0.3, 0.4) is 0 Å². The second kappa shape index (κ2) is 36.0. The van der Waals surface area contributed by atoms with E-state index in [1.165, 1.54) is 0 Å². The first kappa shape index (κ1) is 30.2. The number of hydrogen-bond acceptors (Lipinski definition) is 8. The first-order valence-electron chi connectivity index (χ1n) is 5.36. The summed E-state index contributed by atoms with van der Waals surface area (Å²) >= 11 is 0. The maximum atomic E-state index is 7.33. The van der Waals surface area contributed by atoms with E-state index in [1.54, 1.807) is 0 Å². The standard InChI is InChI=1S/4C2H7N.H4O4Si/c4*1-2-3;1-5(2,3)4/h4*2-3H2,1H3;1-4H. The van der Waals surface area contributed by atoms with Crippen molar-refractivity contribution in [3.63, 3.8) is 0 Å². The van der Waals surface area contributed by atoms with E-state index in [-0.39, 0.29) is 0 Å². The van der Waals surface area contributed by atoms with Gasteiger partial charge in [0.15, 0.2) is 0 Å². The largest absolute Gasteiger partial charge is 0.668 e. The Hall–Kier alpha value is -0.103. The SMILES string of the molecule is CCN.CCN.CCN.CCN.O[Si](O)(O)O. The molecule has 0 aliphatic heterocycles. The third-order valence-corrected chi connectivity index (χ3v) is 0. The second-order valence-corrected chi connectivity index (χ2v) is 3.43. The predicted molar refractivity (Wildman–Crippen MR) is 73.5 cm³/mol. The summed E-state index contributed by atoms with van der Waals surface area (Å²) in [6.45, 7) is 10.6. The number of nitrogens with two attached hydrogens (primary N) is 4. The Morgan fingerprint density at radius 3 is 0.588 bits per heavy atom. The topological polar surface area (TPSA) is 185 Å². The molecule has 0 saturated heterocycles. The Morgan fingerprint density at radius 2 is 0.588 bits per heavy atom. The lowest BCUT2D eigenvalue weighted by Gasteiger charge is -1.91. The molecular weight excluding hydrogens is 244 g/mol. The fourth-order valence-electron chi connectivity index (χ4n) is 0. The van der Waals surface area contributed by atoms with E-state index in [0.717, 1.165) is 26.2 Å². The molecule has 12 N–H and O–H groups in total. The lowest BCUT2D eigenvalue weighted by molar-refractivity contribution is 0.117. The Labute approximate surface area is 106 Å². The van der Waals surface area contributed by atoms with Gasteiger partial charge in [-0.05, 0) is 26.2 Å². The summed E-state index contributed by atoms with van der Waals surface area (Å²) in [5, 5.41) is 0. The fourth-order valence-corrected chi connectivity index (χ4v) is 0. The molecule has 9 heteroatoms. The van der Waals surface area contributed by atoms with Crippen molar-refractivity contribution in [3.8, 4) is 0 Å². The van der Waals surface area contributed by atoms with E-state index in [2.05, 4.69) is 0 Å². The van der Waals surface area contributed by atoms with E-state index in [0.29, 0.717) is 0 Å². The highest BCUT2D eigenvalue weighted by Crippen LogP contribution is 1.67. The summed E-state index contributed by atoms with van der Waals surface area (Å²) in [7, 11) is -4.61. The zero-order valence-corrected chi connectivity index (χ0v) is 12.4. The molecule has 0 saturated carbocycles. The fraction of sp³-hybridized carbons (Fsp3) is 1.00. The molecule has 0 atom stereocenters. The highest BCUT2D eigenvalue weighted by Gasteiger charge is 2.22. The van der Waals surface area contributed by atoms with Gasteiger partial charge in [0.1, 0.15) is 0 Å². The van der Waals surface area contributed by atoms with Gasteiger partial charge in [-0.2, -0.15) is 0 Å². The first-order valence-corrected chi connectivity index (χ1v) is 7.14. The van der Waals surface area contributed by atoms with Crippen molar-refractivity contribution in [3.05, 3.63) is 0 Å². The molecule has 0 heterocycles. The molecule has 0 fully saturated rings. The molecule has 0 aliphatic rings. The molecule has 0 unspecified atom stereocenters. The van der Waals surface area contributed by atoms with Crippen molar-refractivity contribution in [2.75, 3.05) is 26.2 Å². The Morgan fingerprint density at radius 1 is 0.588 bits per heavy atom. The van der Waals surface area contributed by atoms with Crippen LogP contribution in [0.2, 0.25) is 0 Å². The van der Waals surface area contributed by atoms with Crippen LogP contribution in [-0.4, -0.2) is 54.4 Å². The number of rotatable bonds is 0. The van der Waals surface area contributed by atoms with Crippen LogP contribution in [0.5, 0.6) is 0 Å². The molecule has 0 amide bonds.